The number of carbonyl (C=O) groups excluding carboxylic acids is 5. The van der Waals surface area contributed by atoms with Crippen LogP contribution in [0.2, 0.25) is 0 Å². The van der Waals surface area contributed by atoms with E-state index in [1.54, 1.807) is 13.8 Å². The third-order valence-electron chi connectivity index (χ3n) is 17.1. The topological polar surface area (TPSA) is 122 Å². The molecule has 9 nitrogen and oxygen atoms in total. The molecule has 8 aliphatic carbocycles. The van der Waals surface area contributed by atoms with Gasteiger partial charge in [0.25, 0.3) is 0 Å². The fourth-order valence-corrected chi connectivity index (χ4v) is 15.8. The number of carbonyl (C=O) groups is 5. The van der Waals surface area contributed by atoms with Gasteiger partial charge >= 0.3 is 23.9 Å². The van der Waals surface area contributed by atoms with Crippen LogP contribution in [0.4, 0.5) is 0 Å². The number of fused-ring (bicyclic) bond motifs is 14. The zero-order valence-electron chi connectivity index (χ0n) is 29.4. The molecule has 50 heavy (non-hydrogen) atoms. The summed E-state index contributed by atoms with van der Waals surface area (Å²) in [6.07, 6.45) is 9.63. The molecule has 2 heterocycles. The van der Waals surface area contributed by atoms with E-state index >= 15 is 4.79 Å². The number of hydrogen-bond donors (Lipinski definition) is 0. The Morgan fingerprint density at radius 1 is 0.660 bits per heavy atom. The van der Waals surface area contributed by atoms with Gasteiger partial charge in [-0.2, -0.15) is 0 Å². The van der Waals surface area contributed by atoms with Crippen LogP contribution in [0.5, 0.6) is 0 Å². The molecular formula is C41H50O9. The number of hydrogen-bond acceptors (Lipinski definition) is 9. The molecule has 0 aromatic carbocycles. The molecule has 0 amide bonds. The minimum Gasteiger partial charge on any atom is -0.465 e. The highest BCUT2D eigenvalue weighted by atomic mass is 16.6. The van der Waals surface area contributed by atoms with Crippen LogP contribution in [-0.2, 0) is 42.9 Å². The molecule has 0 N–H and O–H groups in total. The highest BCUT2D eigenvalue weighted by Gasteiger charge is 2.80. The molecule has 0 aromatic rings. The Kier molecular flexibility index (Phi) is 6.43. The van der Waals surface area contributed by atoms with Crippen LogP contribution in [-0.4, -0.2) is 54.1 Å². The van der Waals surface area contributed by atoms with Crippen LogP contribution in [0.1, 0.15) is 90.9 Å². The summed E-state index contributed by atoms with van der Waals surface area (Å²) < 4.78 is 24.5. The molecule has 2 aliphatic heterocycles. The minimum atomic E-state index is -0.718. The normalized spacial score (nSPS) is 52.6. The van der Waals surface area contributed by atoms with Gasteiger partial charge in [0.15, 0.2) is 0 Å². The first-order chi connectivity index (χ1) is 23.8. The van der Waals surface area contributed by atoms with Gasteiger partial charge in [-0.1, -0.05) is 13.2 Å². The third kappa shape index (κ3) is 3.73. The Morgan fingerprint density at radius 2 is 1.08 bits per heavy atom. The van der Waals surface area contributed by atoms with Crippen LogP contribution < -0.4 is 0 Å². The van der Waals surface area contributed by atoms with Crippen LogP contribution >= 0.6 is 0 Å². The zero-order chi connectivity index (χ0) is 34.7. The average Bonchev–Trinajstić information content (AvgIpc) is 3.91. The van der Waals surface area contributed by atoms with Gasteiger partial charge in [-0.25, -0.2) is 9.59 Å². The van der Waals surface area contributed by atoms with E-state index in [4.69, 9.17) is 18.9 Å². The van der Waals surface area contributed by atoms with Gasteiger partial charge in [0.05, 0.1) is 25.0 Å². The van der Waals surface area contributed by atoms with Crippen molar-refractivity contribution in [1.29, 1.82) is 0 Å². The molecule has 10 rings (SSSR count). The third-order valence-corrected chi connectivity index (χ3v) is 17.1. The fraction of sp³-hybridized carbons (Fsp3) is 0.780. The monoisotopic (exact) mass is 686 g/mol. The summed E-state index contributed by atoms with van der Waals surface area (Å²) in [6, 6.07) is 0. The maximum absolute atomic E-state index is 15.9. The number of esters is 4. The zero-order valence-corrected chi connectivity index (χ0v) is 29.4. The second kappa shape index (κ2) is 10.1. The fourth-order valence-electron chi connectivity index (χ4n) is 15.8. The van der Waals surface area contributed by atoms with Gasteiger partial charge in [-0.05, 0) is 115 Å². The molecule has 9 heteroatoms. The van der Waals surface area contributed by atoms with Crippen LogP contribution in [0.15, 0.2) is 24.3 Å². The Morgan fingerprint density at radius 3 is 1.46 bits per heavy atom. The molecule has 0 spiro atoms. The lowest BCUT2D eigenvalue weighted by Crippen LogP contribution is -2.59. The summed E-state index contributed by atoms with van der Waals surface area (Å²) in [6.45, 7) is 11.9. The molecule has 0 radical (unpaired) electrons. The summed E-state index contributed by atoms with van der Waals surface area (Å²) in [4.78, 5) is 70.0. The van der Waals surface area contributed by atoms with Crippen LogP contribution in [0.3, 0.4) is 0 Å². The molecular weight excluding hydrogens is 636 g/mol. The average molecular weight is 687 g/mol. The van der Waals surface area contributed by atoms with Crippen molar-refractivity contribution < 1.29 is 42.9 Å². The molecule has 16 atom stereocenters. The van der Waals surface area contributed by atoms with E-state index in [2.05, 4.69) is 13.2 Å². The van der Waals surface area contributed by atoms with Crippen molar-refractivity contribution in [3.05, 3.63) is 24.3 Å². The minimum absolute atomic E-state index is 0.0816. The molecule has 8 bridgehead atoms. The maximum atomic E-state index is 15.9. The number of rotatable bonds is 8. The first-order valence-corrected chi connectivity index (χ1v) is 19.5. The Labute approximate surface area is 293 Å². The SMILES string of the molecule is C=C(C)C(=O)OC12CCC(CC1C13CC(CC1C(=O)C1CC4CC1(C1CC5CCC1(OC(=O)C(=C)C)C5)C1C(=O)OCC41)C1COC(=O)C13)C2. The molecule has 8 saturated carbocycles. The van der Waals surface area contributed by atoms with Crippen molar-refractivity contribution in [3.63, 3.8) is 0 Å². The first kappa shape index (κ1) is 31.7. The largest absolute Gasteiger partial charge is 0.465 e. The molecule has 16 unspecified atom stereocenters. The smallest absolute Gasteiger partial charge is 0.333 e. The van der Waals surface area contributed by atoms with Gasteiger partial charge in [0, 0.05) is 57.5 Å². The lowest BCUT2D eigenvalue weighted by Gasteiger charge is -2.54. The molecule has 268 valence electrons. The molecule has 10 fully saturated rings. The Balaban J connectivity index is 1.08. The summed E-state index contributed by atoms with van der Waals surface area (Å²) in [5, 5.41) is 0. The Bertz CT molecular complexity index is 1550. The van der Waals surface area contributed by atoms with E-state index in [1.165, 1.54) is 0 Å². The maximum Gasteiger partial charge on any atom is 0.333 e. The van der Waals surface area contributed by atoms with E-state index in [0.717, 1.165) is 64.2 Å². The van der Waals surface area contributed by atoms with Gasteiger partial charge in [-0.3, -0.25) is 14.4 Å². The summed E-state index contributed by atoms with van der Waals surface area (Å²) in [5.41, 5.74) is -2.01. The van der Waals surface area contributed by atoms with E-state index in [-0.39, 0.29) is 76.9 Å². The number of ether oxygens (including phenoxy) is 4. The molecule has 10 aliphatic rings. The Hall–Kier alpha value is -2.97. The van der Waals surface area contributed by atoms with Crippen molar-refractivity contribution in [2.75, 3.05) is 13.2 Å². The highest BCUT2D eigenvalue weighted by Crippen LogP contribution is 2.78. The molecule has 2 saturated heterocycles. The second-order valence-electron chi connectivity index (χ2n) is 18.9. The van der Waals surface area contributed by atoms with Gasteiger partial charge < -0.3 is 18.9 Å². The van der Waals surface area contributed by atoms with E-state index in [1.807, 2.05) is 0 Å². The van der Waals surface area contributed by atoms with Crippen molar-refractivity contribution in [3.8, 4) is 0 Å². The summed E-state index contributed by atoms with van der Waals surface area (Å²) >= 11 is 0. The van der Waals surface area contributed by atoms with E-state index < -0.39 is 34.0 Å². The second-order valence-corrected chi connectivity index (χ2v) is 18.9. The first-order valence-electron chi connectivity index (χ1n) is 19.5. The predicted octanol–water partition coefficient (Wildman–Crippen LogP) is 5.54. The van der Waals surface area contributed by atoms with E-state index in [0.29, 0.717) is 49.0 Å². The van der Waals surface area contributed by atoms with Crippen molar-refractivity contribution in [2.45, 2.75) is 102 Å². The lowest BCUT2D eigenvalue weighted by molar-refractivity contribution is -0.180. The highest BCUT2D eigenvalue weighted by molar-refractivity contribution is 5.91. The summed E-state index contributed by atoms with van der Waals surface area (Å²) in [5.74, 6) is -1.41. The van der Waals surface area contributed by atoms with E-state index in [9.17, 15) is 19.2 Å². The van der Waals surface area contributed by atoms with Crippen molar-refractivity contribution in [1.82, 2.24) is 0 Å². The van der Waals surface area contributed by atoms with Crippen LogP contribution in [0.25, 0.3) is 0 Å². The number of Topliss-reactive ketones (excluding diaryl/α,β-unsaturated/α-hetero) is 1. The van der Waals surface area contributed by atoms with Gasteiger partial charge in [0.1, 0.15) is 17.0 Å². The standard InChI is InChI=1S/C41H50O9/c1-19(2)34(43)49-38-7-5-21(13-38)9-29(38)40-15-23(25-17-47-36(45)31(25)40)11-27(40)33(42)28-12-24-16-41(28,32-26(24)18-48-37(32)46)30-10-22-6-8-39(30,14-22)50-35(44)20(3)4/h21-32H,1,3,5-18H2,2,4H3. The lowest BCUT2D eigenvalue weighted by atomic mass is 9.49. The van der Waals surface area contributed by atoms with Gasteiger partial charge in [-0.15, -0.1) is 0 Å². The summed E-state index contributed by atoms with van der Waals surface area (Å²) in [7, 11) is 0. The number of ketones is 1. The van der Waals surface area contributed by atoms with Crippen molar-refractivity contribution in [2.24, 2.45) is 81.8 Å². The number of cyclic esters (lactones) is 2. The van der Waals surface area contributed by atoms with Crippen LogP contribution in [0, 0.1) is 81.8 Å². The quantitative estimate of drug-likeness (QED) is 0.184. The van der Waals surface area contributed by atoms with Gasteiger partial charge in [0.2, 0.25) is 0 Å². The molecule has 0 aromatic heterocycles. The van der Waals surface area contributed by atoms with Crippen molar-refractivity contribution >= 4 is 29.7 Å². The predicted molar refractivity (Wildman–Crippen MR) is 176 cm³/mol.